The highest BCUT2D eigenvalue weighted by molar-refractivity contribution is 6.44. The summed E-state index contributed by atoms with van der Waals surface area (Å²) in [5.41, 5.74) is 1.96. The van der Waals surface area contributed by atoms with E-state index in [-0.39, 0.29) is 5.02 Å². The van der Waals surface area contributed by atoms with Gasteiger partial charge in [-0.25, -0.2) is 4.79 Å². The lowest BCUT2D eigenvalue weighted by Crippen LogP contribution is -2.39. The first-order valence-corrected chi connectivity index (χ1v) is 9.00. The number of benzene rings is 2. The number of hydrogen-bond donors (Lipinski definition) is 1. The van der Waals surface area contributed by atoms with Crippen molar-refractivity contribution in [3.05, 3.63) is 58.1 Å². The van der Waals surface area contributed by atoms with Gasteiger partial charge in [0.05, 0.1) is 15.7 Å². The van der Waals surface area contributed by atoms with Crippen molar-refractivity contribution in [2.75, 3.05) is 16.8 Å². The molecule has 0 aromatic heterocycles. The van der Waals surface area contributed by atoms with E-state index in [1.54, 1.807) is 37.3 Å². The number of nitrogens with zero attached hydrogens (tertiary/aromatic N) is 2. The highest BCUT2D eigenvalue weighted by Crippen LogP contribution is 2.30. The minimum atomic E-state index is -0.692. The van der Waals surface area contributed by atoms with Gasteiger partial charge in [0.2, 0.25) is 5.91 Å². The first kappa shape index (κ1) is 19.2. The second kappa shape index (κ2) is 7.58. The number of imide groups is 1. The van der Waals surface area contributed by atoms with E-state index in [0.717, 1.165) is 10.5 Å². The molecular weight excluding hydrogens is 389 g/mol. The summed E-state index contributed by atoms with van der Waals surface area (Å²) in [5.74, 6) is -0.980. The van der Waals surface area contributed by atoms with Crippen molar-refractivity contribution in [3.63, 3.8) is 0 Å². The molecule has 2 aromatic rings. The number of aryl methyl sites for hydroxylation is 1. The largest absolute Gasteiger partial charge is 0.332 e. The number of urea groups is 1. The van der Waals surface area contributed by atoms with Gasteiger partial charge in [-0.3, -0.25) is 19.4 Å². The lowest BCUT2D eigenvalue weighted by Gasteiger charge is -2.19. The molecule has 8 heteroatoms. The van der Waals surface area contributed by atoms with E-state index in [2.05, 4.69) is 5.32 Å². The van der Waals surface area contributed by atoms with Gasteiger partial charge in [0.25, 0.3) is 5.91 Å². The van der Waals surface area contributed by atoms with E-state index in [9.17, 15) is 14.4 Å². The smallest absolute Gasteiger partial charge is 0.323 e. The predicted octanol–water partition coefficient (Wildman–Crippen LogP) is 4.10. The second-order valence-corrected chi connectivity index (χ2v) is 7.02. The highest BCUT2D eigenvalue weighted by Gasteiger charge is 2.44. The van der Waals surface area contributed by atoms with Crippen LogP contribution in [0.5, 0.6) is 0 Å². The summed E-state index contributed by atoms with van der Waals surface area (Å²) < 4.78 is 0. The van der Waals surface area contributed by atoms with Crippen LogP contribution in [-0.2, 0) is 9.59 Å². The first-order valence-electron chi connectivity index (χ1n) is 8.24. The van der Waals surface area contributed by atoms with Crippen molar-refractivity contribution >= 4 is 52.4 Å². The number of rotatable bonds is 4. The van der Waals surface area contributed by atoms with Gasteiger partial charge >= 0.3 is 6.03 Å². The summed E-state index contributed by atoms with van der Waals surface area (Å²) in [7, 11) is 0. The maximum absolute atomic E-state index is 12.7. The molecule has 1 aliphatic rings. The van der Waals surface area contributed by atoms with E-state index in [1.807, 2.05) is 19.1 Å². The van der Waals surface area contributed by atoms with Crippen LogP contribution in [0.3, 0.4) is 0 Å². The molecule has 1 heterocycles. The number of carbonyl (C=O) groups excluding carboxylic acids is 3. The molecule has 6 nitrogen and oxygen atoms in total. The van der Waals surface area contributed by atoms with Crippen molar-refractivity contribution in [1.29, 1.82) is 0 Å². The Balaban J connectivity index is 1.75. The molecule has 1 saturated heterocycles. The number of hydrogen-bond acceptors (Lipinski definition) is 3. The quantitative estimate of drug-likeness (QED) is 0.778. The van der Waals surface area contributed by atoms with Crippen LogP contribution < -0.4 is 10.2 Å². The fourth-order valence-corrected chi connectivity index (χ4v) is 3.19. The zero-order chi connectivity index (χ0) is 19.7. The molecular formula is C19H17Cl2N3O3. The molecule has 0 bridgehead atoms. The number of carbonyl (C=O) groups is 3. The van der Waals surface area contributed by atoms with Crippen molar-refractivity contribution in [2.24, 2.45) is 0 Å². The maximum atomic E-state index is 12.7. The third kappa shape index (κ3) is 3.77. The van der Waals surface area contributed by atoms with Gasteiger partial charge in [0.15, 0.2) is 0 Å². The van der Waals surface area contributed by atoms with E-state index >= 15 is 0 Å². The Kier molecular flexibility index (Phi) is 5.39. The third-order valence-corrected chi connectivity index (χ3v) is 5.11. The molecule has 0 aliphatic carbocycles. The van der Waals surface area contributed by atoms with Crippen LogP contribution in [-0.4, -0.2) is 35.3 Å². The summed E-state index contributed by atoms with van der Waals surface area (Å²) in [6.07, 6.45) is 0. The minimum absolute atomic E-state index is 0.196. The molecule has 0 saturated carbocycles. The number of anilines is 2. The molecule has 0 radical (unpaired) electrons. The number of nitrogens with one attached hydrogen (secondary N) is 1. The van der Waals surface area contributed by atoms with Crippen LogP contribution in [0, 0.1) is 6.92 Å². The average molecular weight is 406 g/mol. The molecule has 1 N–H and O–H groups in total. The van der Waals surface area contributed by atoms with Crippen molar-refractivity contribution in [3.8, 4) is 0 Å². The predicted molar refractivity (Wildman–Crippen MR) is 105 cm³/mol. The van der Waals surface area contributed by atoms with Gasteiger partial charge in [-0.15, -0.1) is 0 Å². The maximum Gasteiger partial charge on any atom is 0.332 e. The van der Waals surface area contributed by atoms with Crippen LogP contribution in [0.4, 0.5) is 16.2 Å². The van der Waals surface area contributed by atoms with Gasteiger partial charge in [-0.1, -0.05) is 47.0 Å². The van der Waals surface area contributed by atoms with E-state index < -0.39 is 30.4 Å². The van der Waals surface area contributed by atoms with E-state index in [4.69, 9.17) is 23.2 Å². The minimum Gasteiger partial charge on any atom is -0.323 e. The SMILES string of the molecule is Cc1ccc(N2C(=O)N(CC(=O)Nc3cccc(Cl)c3Cl)C(=O)C2C)cc1. The lowest BCUT2D eigenvalue weighted by atomic mass is 10.2. The van der Waals surface area contributed by atoms with Crippen molar-refractivity contribution in [2.45, 2.75) is 19.9 Å². The zero-order valence-electron chi connectivity index (χ0n) is 14.7. The number of amides is 4. The summed E-state index contributed by atoms with van der Waals surface area (Å²) in [6, 6.07) is 10.8. The monoisotopic (exact) mass is 405 g/mol. The van der Waals surface area contributed by atoms with Crippen molar-refractivity contribution in [1.82, 2.24) is 4.90 Å². The van der Waals surface area contributed by atoms with E-state index in [0.29, 0.717) is 16.4 Å². The zero-order valence-corrected chi connectivity index (χ0v) is 16.2. The van der Waals surface area contributed by atoms with Gasteiger partial charge in [-0.2, -0.15) is 0 Å². The lowest BCUT2D eigenvalue weighted by molar-refractivity contribution is -0.130. The Bertz CT molecular complexity index is 915. The van der Waals surface area contributed by atoms with Gasteiger partial charge in [0.1, 0.15) is 12.6 Å². The molecule has 1 fully saturated rings. The molecule has 140 valence electrons. The Morgan fingerprint density at radius 2 is 1.78 bits per heavy atom. The third-order valence-electron chi connectivity index (χ3n) is 4.29. The van der Waals surface area contributed by atoms with Crippen LogP contribution >= 0.6 is 23.2 Å². The second-order valence-electron chi connectivity index (χ2n) is 6.24. The molecule has 2 aromatic carbocycles. The van der Waals surface area contributed by atoms with Gasteiger partial charge in [0, 0.05) is 5.69 Å². The molecule has 4 amide bonds. The molecule has 1 unspecified atom stereocenters. The van der Waals surface area contributed by atoms with Crippen LogP contribution in [0.1, 0.15) is 12.5 Å². The van der Waals surface area contributed by atoms with Crippen LogP contribution in [0.2, 0.25) is 10.0 Å². The normalized spacial score (nSPS) is 16.8. The van der Waals surface area contributed by atoms with Gasteiger partial charge < -0.3 is 5.32 Å². The standard InChI is InChI=1S/C19H17Cl2N3O3/c1-11-6-8-13(9-7-11)24-12(2)18(26)23(19(24)27)10-16(25)22-15-5-3-4-14(20)17(15)21/h3-9,12H,10H2,1-2H3,(H,22,25). The van der Waals surface area contributed by atoms with E-state index in [1.165, 1.54) is 4.90 Å². The van der Waals surface area contributed by atoms with Gasteiger partial charge in [-0.05, 0) is 38.1 Å². The fraction of sp³-hybridized carbons (Fsp3) is 0.211. The summed E-state index contributed by atoms with van der Waals surface area (Å²) >= 11 is 12.0. The summed E-state index contributed by atoms with van der Waals surface area (Å²) in [5, 5.41) is 3.07. The van der Waals surface area contributed by atoms with Crippen LogP contribution in [0.25, 0.3) is 0 Å². The topological polar surface area (TPSA) is 69.7 Å². The Morgan fingerprint density at radius 1 is 1.11 bits per heavy atom. The van der Waals surface area contributed by atoms with Crippen molar-refractivity contribution < 1.29 is 14.4 Å². The fourth-order valence-electron chi connectivity index (χ4n) is 2.84. The summed E-state index contributed by atoms with van der Waals surface area (Å²) in [4.78, 5) is 39.9. The molecule has 1 aliphatic heterocycles. The molecule has 1 atom stereocenters. The van der Waals surface area contributed by atoms with Crippen LogP contribution in [0.15, 0.2) is 42.5 Å². The number of halogens is 2. The first-order chi connectivity index (χ1) is 12.8. The summed E-state index contributed by atoms with van der Waals surface area (Å²) in [6.45, 7) is 3.15. The molecule has 0 spiro atoms. The average Bonchev–Trinajstić information content (AvgIpc) is 2.83. The molecule has 27 heavy (non-hydrogen) atoms. The Labute approximate surface area is 166 Å². The highest BCUT2D eigenvalue weighted by atomic mass is 35.5. The molecule has 3 rings (SSSR count). The Hall–Kier alpha value is -2.57. The Morgan fingerprint density at radius 3 is 2.44 bits per heavy atom.